The molecule has 0 aromatic heterocycles. The minimum absolute atomic E-state index is 0.0726. The maximum Gasteiger partial charge on any atom is 0.330 e. The lowest BCUT2D eigenvalue weighted by Crippen LogP contribution is -2.25. The van der Waals surface area contributed by atoms with Crippen LogP contribution in [0, 0.1) is 29.4 Å². The lowest BCUT2D eigenvalue weighted by atomic mass is 9.68. The van der Waals surface area contributed by atoms with Gasteiger partial charge in [0, 0.05) is 12.5 Å². The van der Waals surface area contributed by atoms with Gasteiger partial charge in [-0.3, -0.25) is 0 Å². The molecule has 0 N–H and O–H groups in total. The van der Waals surface area contributed by atoms with Gasteiger partial charge in [-0.1, -0.05) is 39.2 Å². The van der Waals surface area contributed by atoms with E-state index < -0.39 is 17.6 Å². The first kappa shape index (κ1) is 24.7. The number of benzene rings is 1. The average Bonchev–Trinajstić information content (AvgIpc) is 2.81. The van der Waals surface area contributed by atoms with Gasteiger partial charge < -0.3 is 9.47 Å². The highest BCUT2D eigenvalue weighted by Gasteiger charge is 2.31. The molecule has 0 spiro atoms. The fourth-order valence-corrected chi connectivity index (χ4v) is 5.70. The van der Waals surface area contributed by atoms with E-state index in [1.165, 1.54) is 63.5 Å². The molecule has 0 radical (unpaired) electrons. The lowest BCUT2D eigenvalue weighted by Gasteiger charge is -2.38. The van der Waals surface area contributed by atoms with Gasteiger partial charge in [-0.05, 0) is 79.9 Å². The van der Waals surface area contributed by atoms with Crippen molar-refractivity contribution in [3.05, 3.63) is 42.0 Å². The molecule has 32 heavy (non-hydrogen) atoms. The summed E-state index contributed by atoms with van der Waals surface area (Å²) in [4.78, 5) is 11.0. The van der Waals surface area contributed by atoms with Crippen LogP contribution in [0.3, 0.4) is 0 Å². The smallest absolute Gasteiger partial charge is 0.330 e. The Morgan fingerprint density at radius 3 is 2.16 bits per heavy atom. The van der Waals surface area contributed by atoms with Crippen molar-refractivity contribution in [3.63, 3.8) is 0 Å². The molecule has 0 unspecified atom stereocenters. The van der Waals surface area contributed by atoms with Crippen molar-refractivity contribution in [2.75, 3.05) is 13.2 Å². The predicted molar refractivity (Wildman–Crippen MR) is 123 cm³/mol. The predicted octanol–water partition coefficient (Wildman–Crippen LogP) is 7.34. The van der Waals surface area contributed by atoms with Crippen molar-refractivity contribution < 1.29 is 23.0 Å². The molecule has 1 aromatic rings. The van der Waals surface area contributed by atoms with Crippen LogP contribution in [0.1, 0.15) is 89.0 Å². The van der Waals surface area contributed by atoms with Crippen LogP contribution in [0.15, 0.2) is 24.8 Å². The molecule has 1 aromatic carbocycles. The third-order valence-electron chi connectivity index (χ3n) is 7.46. The molecular formula is C27H38F2O3. The van der Waals surface area contributed by atoms with E-state index in [1.807, 2.05) is 0 Å². The van der Waals surface area contributed by atoms with E-state index in [9.17, 15) is 13.6 Å². The van der Waals surface area contributed by atoms with E-state index in [-0.39, 0.29) is 24.9 Å². The minimum atomic E-state index is -0.653. The van der Waals surface area contributed by atoms with E-state index >= 15 is 0 Å². The summed E-state index contributed by atoms with van der Waals surface area (Å²) in [6, 6.07) is 2.88. The third-order valence-corrected chi connectivity index (χ3v) is 7.46. The van der Waals surface area contributed by atoms with E-state index in [4.69, 9.17) is 9.47 Å². The van der Waals surface area contributed by atoms with Crippen LogP contribution in [0.2, 0.25) is 0 Å². The van der Waals surface area contributed by atoms with Gasteiger partial charge >= 0.3 is 5.97 Å². The normalized spacial score (nSPS) is 25.8. The van der Waals surface area contributed by atoms with Crippen LogP contribution in [0.5, 0.6) is 5.75 Å². The zero-order valence-electron chi connectivity index (χ0n) is 19.4. The summed E-state index contributed by atoms with van der Waals surface area (Å²) in [6.45, 7) is 5.78. The molecular weight excluding hydrogens is 410 g/mol. The Morgan fingerprint density at radius 2 is 1.59 bits per heavy atom. The van der Waals surface area contributed by atoms with Crippen molar-refractivity contribution in [2.45, 2.75) is 83.5 Å². The number of halogens is 2. The zero-order chi connectivity index (χ0) is 22.9. The summed E-state index contributed by atoms with van der Waals surface area (Å²) in [5, 5.41) is 0. The first-order valence-corrected chi connectivity index (χ1v) is 12.4. The Balaban J connectivity index is 1.46. The number of hydrogen-bond donors (Lipinski definition) is 0. The van der Waals surface area contributed by atoms with Crippen LogP contribution in [-0.4, -0.2) is 19.2 Å². The van der Waals surface area contributed by atoms with Gasteiger partial charge in [-0.25, -0.2) is 13.6 Å². The number of rotatable bonds is 10. The fraction of sp³-hybridized carbons (Fsp3) is 0.667. The Bertz CT molecular complexity index is 724. The minimum Gasteiger partial charge on any atom is -0.487 e. The van der Waals surface area contributed by atoms with E-state index in [0.29, 0.717) is 6.42 Å². The summed E-state index contributed by atoms with van der Waals surface area (Å²) >= 11 is 0. The van der Waals surface area contributed by atoms with Crippen LogP contribution in [-0.2, 0) is 9.53 Å². The van der Waals surface area contributed by atoms with E-state index in [1.54, 1.807) is 0 Å². The van der Waals surface area contributed by atoms with Crippen LogP contribution < -0.4 is 4.74 Å². The maximum absolute atomic E-state index is 14.6. The number of ether oxygens (including phenoxy) is 2. The average molecular weight is 449 g/mol. The standard InChI is InChI=1S/C27H38F2O3/c1-3-6-19-7-9-20(10-8-19)21-11-13-22(14-12-21)23-17-24(28)27(25(29)18-23)32-16-5-15-31-26(30)4-2/h4,17-22H,2-3,5-16H2,1H3. The van der Waals surface area contributed by atoms with Crippen molar-refractivity contribution in [1.29, 1.82) is 0 Å². The fourth-order valence-electron chi connectivity index (χ4n) is 5.70. The quantitative estimate of drug-likeness (QED) is 0.213. The number of hydrogen-bond acceptors (Lipinski definition) is 3. The highest BCUT2D eigenvalue weighted by Crippen LogP contribution is 2.45. The van der Waals surface area contributed by atoms with E-state index in [0.717, 1.165) is 42.2 Å². The lowest BCUT2D eigenvalue weighted by molar-refractivity contribution is -0.137. The number of carbonyl (C=O) groups is 1. The summed E-state index contributed by atoms with van der Waals surface area (Å²) < 4.78 is 39.2. The number of esters is 1. The highest BCUT2D eigenvalue weighted by atomic mass is 19.1. The molecule has 0 bridgehead atoms. The van der Waals surface area contributed by atoms with Gasteiger partial charge in [-0.2, -0.15) is 0 Å². The van der Waals surface area contributed by atoms with Gasteiger partial charge in [0.2, 0.25) is 0 Å². The van der Waals surface area contributed by atoms with Gasteiger partial charge in [0.05, 0.1) is 13.2 Å². The van der Waals surface area contributed by atoms with Gasteiger partial charge in [-0.15, -0.1) is 0 Å². The third kappa shape index (κ3) is 6.79. The van der Waals surface area contributed by atoms with Crippen molar-refractivity contribution in [3.8, 4) is 5.75 Å². The van der Waals surface area contributed by atoms with E-state index in [2.05, 4.69) is 13.5 Å². The first-order chi connectivity index (χ1) is 15.5. The SMILES string of the molecule is C=CC(=O)OCCCOc1c(F)cc(C2CCC(C3CCC(CCC)CC3)CC2)cc1F. The van der Waals surface area contributed by atoms with Crippen LogP contribution >= 0.6 is 0 Å². The molecule has 3 nitrogen and oxygen atoms in total. The van der Waals surface area contributed by atoms with Crippen molar-refractivity contribution >= 4 is 5.97 Å². The summed E-state index contributed by atoms with van der Waals surface area (Å²) in [5.74, 6) is 0.603. The van der Waals surface area contributed by atoms with Gasteiger partial charge in [0.15, 0.2) is 17.4 Å². The number of carbonyl (C=O) groups excluding carboxylic acids is 1. The van der Waals surface area contributed by atoms with Crippen molar-refractivity contribution in [2.24, 2.45) is 17.8 Å². The molecule has 0 aliphatic heterocycles. The van der Waals surface area contributed by atoms with Gasteiger partial charge in [0.25, 0.3) is 0 Å². The first-order valence-electron chi connectivity index (χ1n) is 12.4. The van der Waals surface area contributed by atoms with Crippen LogP contribution in [0.25, 0.3) is 0 Å². The molecule has 2 fully saturated rings. The Hall–Kier alpha value is -1.91. The Morgan fingerprint density at radius 1 is 1.00 bits per heavy atom. The molecule has 178 valence electrons. The summed E-state index contributed by atoms with van der Waals surface area (Å²) in [5.41, 5.74) is 0.748. The monoisotopic (exact) mass is 448 g/mol. The van der Waals surface area contributed by atoms with Crippen molar-refractivity contribution in [1.82, 2.24) is 0 Å². The van der Waals surface area contributed by atoms with Crippen LogP contribution in [0.4, 0.5) is 8.78 Å². The summed E-state index contributed by atoms with van der Waals surface area (Å²) in [6.07, 6.45) is 13.9. The topological polar surface area (TPSA) is 35.5 Å². The molecule has 2 aliphatic rings. The molecule has 0 amide bonds. The highest BCUT2D eigenvalue weighted by molar-refractivity contribution is 5.81. The summed E-state index contributed by atoms with van der Waals surface area (Å²) in [7, 11) is 0. The molecule has 5 heteroatoms. The molecule has 0 saturated heterocycles. The zero-order valence-corrected chi connectivity index (χ0v) is 19.4. The Kier molecular flexibility index (Phi) is 9.55. The molecule has 2 saturated carbocycles. The Labute approximate surface area is 191 Å². The molecule has 2 aliphatic carbocycles. The maximum atomic E-state index is 14.6. The largest absolute Gasteiger partial charge is 0.487 e. The molecule has 0 heterocycles. The molecule has 0 atom stereocenters. The second-order valence-electron chi connectivity index (χ2n) is 9.57. The second-order valence-corrected chi connectivity index (χ2v) is 9.57. The second kappa shape index (κ2) is 12.4. The molecule has 3 rings (SSSR count). The van der Waals surface area contributed by atoms with Gasteiger partial charge in [0.1, 0.15) is 0 Å².